The lowest BCUT2D eigenvalue weighted by molar-refractivity contribution is 0.112. The van der Waals surface area contributed by atoms with Crippen molar-refractivity contribution in [1.82, 2.24) is 9.88 Å². The van der Waals surface area contributed by atoms with Crippen molar-refractivity contribution >= 4 is 11.8 Å². The Labute approximate surface area is 101 Å². The van der Waals surface area contributed by atoms with Gasteiger partial charge in [0.2, 0.25) is 0 Å². The molecule has 0 radical (unpaired) electrons. The number of amides is 1. The van der Waals surface area contributed by atoms with Gasteiger partial charge < -0.3 is 15.4 Å². The minimum atomic E-state index is -0.242. The number of ether oxygens (including phenoxy) is 1. The topological polar surface area (TPSA) is 68.5 Å². The fraction of sp³-hybridized carbons (Fsp3) is 0.500. The second-order valence-electron chi connectivity index (χ2n) is 4.25. The molecule has 2 heterocycles. The quantitative estimate of drug-likeness (QED) is 0.803. The first-order valence-electron chi connectivity index (χ1n) is 5.75. The molecule has 1 saturated heterocycles. The van der Waals surface area contributed by atoms with Gasteiger partial charge in [0.05, 0.1) is 19.0 Å². The van der Waals surface area contributed by atoms with E-state index >= 15 is 0 Å². The fourth-order valence-corrected chi connectivity index (χ4v) is 2.15. The second-order valence-corrected chi connectivity index (χ2v) is 4.25. The van der Waals surface area contributed by atoms with Crippen molar-refractivity contribution in [3.05, 3.63) is 24.0 Å². The normalized spacial score (nSPS) is 16.9. The minimum Gasteiger partial charge on any atom is -0.453 e. The van der Waals surface area contributed by atoms with E-state index in [-0.39, 0.29) is 6.09 Å². The van der Waals surface area contributed by atoms with Crippen LogP contribution in [0.3, 0.4) is 0 Å². The SMILES string of the molecule is COC(=O)N1CCC(c2ccc(N)cn2)CC1. The van der Waals surface area contributed by atoms with Crippen LogP contribution in [0.5, 0.6) is 0 Å². The molecule has 92 valence electrons. The molecule has 1 fully saturated rings. The number of likely N-dealkylation sites (tertiary alicyclic amines) is 1. The summed E-state index contributed by atoms with van der Waals surface area (Å²) in [7, 11) is 1.41. The van der Waals surface area contributed by atoms with Gasteiger partial charge in [-0.15, -0.1) is 0 Å². The van der Waals surface area contributed by atoms with E-state index in [0.29, 0.717) is 11.6 Å². The highest BCUT2D eigenvalue weighted by Gasteiger charge is 2.24. The molecule has 0 spiro atoms. The number of piperidine rings is 1. The van der Waals surface area contributed by atoms with E-state index in [2.05, 4.69) is 4.98 Å². The van der Waals surface area contributed by atoms with E-state index in [1.54, 1.807) is 11.1 Å². The smallest absolute Gasteiger partial charge is 0.409 e. The number of anilines is 1. The summed E-state index contributed by atoms with van der Waals surface area (Å²) in [6.07, 6.45) is 3.29. The van der Waals surface area contributed by atoms with Crippen molar-refractivity contribution in [1.29, 1.82) is 0 Å². The van der Waals surface area contributed by atoms with Gasteiger partial charge in [-0.25, -0.2) is 4.79 Å². The van der Waals surface area contributed by atoms with Crippen LogP contribution in [0.4, 0.5) is 10.5 Å². The van der Waals surface area contributed by atoms with Crippen LogP contribution in [0.1, 0.15) is 24.5 Å². The van der Waals surface area contributed by atoms with Crippen LogP contribution in [0.25, 0.3) is 0 Å². The lowest BCUT2D eigenvalue weighted by Gasteiger charge is -2.30. The lowest BCUT2D eigenvalue weighted by atomic mass is 9.93. The molecule has 1 amide bonds. The van der Waals surface area contributed by atoms with Crippen molar-refractivity contribution < 1.29 is 9.53 Å². The largest absolute Gasteiger partial charge is 0.453 e. The molecular formula is C12H17N3O2. The molecule has 5 nitrogen and oxygen atoms in total. The Balaban J connectivity index is 1.95. The predicted octanol–water partition coefficient (Wildman–Crippen LogP) is 1.61. The number of hydrogen-bond acceptors (Lipinski definition) is 4. The van der Waals surface area contributed by atoms with Crippen molar-refractivity contribution in [2.75, 3.05) is 25.9 Å². The number of carbonyl (C=O) groups is 1. The first-order valence-corrected chi connectivity index (χ1v) is 5.75. The molecule has 1 aromatic rings. The minimum absolute atomic E-state index is 0.242. The molecule has 5 heteroatoms. The number of pyridine rings is 1. The zero-order chi connectivity index (χ0) is 12.3. The van der Waals surface area contributed by atoms with Crippen LogP contribution < -0.4 is 5.73 Å². The van der Waals surface area contributed by atoms with E-state index in [1.165, 1.54) is 7.11 Å². The van der Waals surface area contributed by atoms with Gasteiger partial charge in [-0.2, -0.15) is 0 Å². The average Bonchev–Trinajstić information content (AvgIpc) is 2.39. The molecule has 2 rings (SSSR count). The third kappa shape index (κ3) is 2.67. The summed E-state index contributed by atoms with van der Waals surface area (Å²) in [5.41, 5.74) is 7.34. The molecule has 2 N–H and O–H groups in total. The number of rotatable bonds is 1. The second kappa shape index (κ2) is 5.03. The molecular weight excluding hydrogens is 218 g/mol. The molecule has 0 aliphatic carbocycles. The number of hydrogen-bond donors (Lipinski definition) is 1. The van der Waals surface area contributed by atoms with E-state index in [4.69, 9.17) is 10.5 Å². The summed E-state index contributed by atoms with van der Waals surface area (Å²) in [6, 6.07) is 3.84. The van der Waals surface area contributed by atoms with Crippen LogP contribution >= 0.6 is 0 Å². The zero-order valence-corrected chi connectivity index (χ0v) is 9.93. The summed E-state index contributed by atoms with van der Waals surface area (Å²) in [6.45, 7) is 1.45. The summed E-state index contributed by atoms with van der Waals surface area (Å²) >= 11 is 0. The third-order valence-electron chi connectivity index (χ3n) is 3.16. The van der Waals surface area contributed by atoms with E-state index < -0.39 is 0 Å². The van der Waals surface area contributed by atoms with Crippen LogP contribution in [-0.2, 0) is 4.74 Å². The highest BCUT2D eigenvalue weighted by Crippen LogP contribution is 2.26. The molecule has 1 aliphatic rings. The van der Waals surface area contributed by atoms with Gasteiger partial charge in [0, 0.05) is 24.7 Å². The first-order chi connectivity index (χ1) is 8.20. The lowest BCUT2D eigenvalue weighted by Crippen LogP contribution is -2.37. The Kier molecular flexibility index (Phi) is 3.46. The van der Waals surface area contributed by atoms with Gasteiger partial charge >= 0.3 is 6.09 Å². The highest BCUT2D eigenvalue weighted by molar-refractivity contribution is 5.67. The molecule has 0 unspecified atom stereocenters. The Bertz CT molecular complexity index is 383. The summed E-state index contributed by atoms with van der Waals surface area (Å²) in [4.78, 5) is 17.4. The fourth-order valence-electron chi connectivity index (χ4n) is 2.15. The van der Waals surface area contributed by atoms with Crippen molar-refractivity contribution in [3.8, 4) is 0 Å². The average molecular weight is 235 g/mol. The predicted molar refractivity (Wildman–Crippen MR) is 64.6 cm³/mol. The van der Waals surface area contributed by atoms with Gasteiger partial charge in [0.25, 0.3) is 0 Å². The molecule has 1 aromatic heterocycles. The van der Waals surface area contributed by atoms with E-state index in [9.17, 15) is 4.79 Å². The Morgan fingerprint density at radius 1 is 1.47 bits per heavy atom. The van der Waals surface area contributed by atoms with Crippen molar-refractivity contribution in [3.63, 3.8) is 0 Å². The van der Waals surface area contributed by atoms with E-state index in [1.807, 2.05) is 12.1 Å². The zero-order valence-electron chi connectivity index (χ0n) is 9.93. The third-order valence-corrected chi connectivity index (χ3v) is 3.16. The summed E-state index contributed by atoms with van der Waals surface area (Å²) < 4.78 is 4.70. The molecule has 0 atom stereocenters. The van der Waals surface area contributed by atoms with Crippen molar-refractivity contribution in [2.24, 2.45) is 0 Å². The Hall–Kier alpha value is -1.78. The molecule has 17 heavy (non-hydrogen) atoms. The first kappa shape index (κ1) is 11.7. The van der Waals surface area contributed by atoms with Gasteiger partial charge in [0.15, 0.2) is 0 Å². The van der Waals surface area contributed by atoms with Gasteiger partial charge in [-0.3, -0.25) is 4.98 Å². The molecule has 0 aromatic carbocycles. The van der Waals surface area contributed by atoms with Gasteiger partial charge in [-0.05, 0) is 25.0 Å². The summed E-state index contributed by atoms with van der Waals surface area (Å²) in [5.74, 6) is 0.413. The van der Waals surface area contributed by atoms with Crippen LogP contribution in [0.2, 0.25) is 0 Å². The molecule has 1 aliphatic heterocycles. The van der Waals surface area contributed by atoms with Crippen LogP contribution in [0.15, 0.2) is 18.3 Å². The standard InChI is InChI=1S/C12H17N3O2/c1-17-12(16)15-6-4-9(5-7-15)11-3-2-10(13)8-14-11/h2-3,8-9H,4-7,13H2,1H3. The number of methoxy groups -OCH3 is 1. The Morgan fingerprint density at radius 2 is 2.18 bits per heavy atom. The maximum atomic E-state index is 11.3. The maximum Gasteiger partial charge on any atom is 0.409 e. The molecule has 0 saturated carbocycles. The van der Waals surface area contributed by atoms with Crippen molar-refractivity contribution in [2.45, 2.75) is 18.8 Å². The van der Waals surface area contributed by atoms with Crippen LogP contribution in [-0.4, -0.2) is 36.2 Å². The monoisotopic (exact) mass is 235 g/mol. The molecule has 0 bridgehead atoms. The highest BCUT2D eigenvalue weighted by atomic mass is 16.5. The number of carbonyl (C=O) groups excluding carboxylic acids is 1. The van der Waals surface area contributed by atoms with Gasteiger partial charge in [-0.1, -0.05) is 0 Å². The summed E-state index contributed by atoms with van der Waals surface area (Å²) in [5, 5.41) is 0. The van der Waals surface area contributed by atoms with Crippen LogP contribution in [0, 0.1) is 0 Å². The number of nitrogens with zero attached hydrogens (tertiary/aromatic N) is 2. The number of nitrogens with two attached hydrogens (primary N) is 1. The van der Waals surface area contributed by atoms with Gasteiger partial charge in [0.1, 0.15) is 0 Å². The number of aromatic nitrogens is 1. The van der Waals surface area contributed by atoms with E-state index in [0.717, 1.165) is 31.6 Å². The Morgan fingerprint density at radius 3 is 2.71 bits per heavy atom. The number of nitrogen functional groups attached to an aromatic ring is 1. The maximum absolute atomic E-state index is 11.3.